The summed E-state index contributed by atoms with van der Waals surface area (Å²) in [5, 5.41) is 4.70. The van der Waals surface area contributed by atoms with Crippen molar-refractivity contribution in [1.82, 2.24) is 0 Å². The highest BCUT2D eigenvalue weighted by atomic mass is 32.2. The van der Waals surface area contributed by atoms with Crippen LogP contribution >= 0.6 is 23.5 Å². The Labute approximate surface area is 105 Å². The number of rotatable bonds is 0. The van der Waals surface area contributed by atoms with E-state index < -0.39 is 0 Å². The van der Waals surface area contributed by atoms with Gasteiger partial charge in [0.15, 0.2) is 0 Å². The Morgan fingerprint density at radius 3 is 2.06 bits per heavy atom. The van der Waals surface area contributed by atoms with Crippen LogP contribution in [0.5, 0.6) is 0 Å². The predicted molar refractivity (Wildman–Crippen MR) is 73.5 cm³/mol. The van der Waals surface area contributed by atoms with Gasteiger partial charge in [-0.15, -0.1) is 11.8 Å². The monoisotopic (exact) mass is 246 g/mol. The van der Waals surface area contributed by atoms with Crippen molar-refractivity contribution >= 4 is 23.5 Å². The Bertz CT molecular complexity index is 479. The molecule has 2 aliphatic carbocycles. The first-order chi connectivity index (χ1) is 7.67. The smallest absolute Gasteiger partial charge is 0.0313 e. The molecule has 0 radical (unpaired) electrons. The highest BCUT2D eigenvalue weighted by molar-refractivity contribution is 8.05. The molecule has 1 fully saturated rings. The lowest BCUT2D eigenvalue weighted by atomic mass is 9.62. The van der Waals surface area contributed by atoms with E-state index in [4.69, 9.17) is 0 Å². The third-order valence-corrected chi connectivity index (χ3v) is 6.81. The summed E-state index contributed by atoms with van der Waals surface area (Å²) >= 11 is 3.92. The first-order valence-corrected chi connectivity index (χ1v) is 7.84. The fraction of sp³-hybridized carbons (Fsp3) is 0.429. The molecule has 0 aromatic rings. The first-order valence-electron chi connectivity index (χ1n) is 5.74. The molecule has 0 aromatic carbocycles. The summed E-state index contributed by atoms with van der Waals surface area (Å²) in [5.74, 6) is 2.44. The number of hydrogen-bond donors (Lipinski definition) is 0. The normalized spacial score (nSPS) is 43.4. The standard InChI is InChI=1S/C14H14S2/c1-13-9-3-11-7-16-8-12(14(11,13)2)4-10(13)6-15-5-9/h3-6H,7-8H2,1-2H3. The van der Waals surface area contributed by atoms with Crippen molar-refractivity contribution in [3.05, 3.63) is 45.3 Å². The zero-order valence-electron chi connectivity index (χ0n) is 9.54. The molecule has 1 saturated heterocycles. The summed E-state index contributed by atoms with van der Waals surface area (Å²) in [7, 11) is 0. The lowest BCUT2D eigenvalue weighted by Gasteiger charge is -2.44. The van der Waals surface area contributed by atoms with Crippen LogP contribution in [0.3, 0.4) is 0 Å². The Morgan fingerprint density at radius 1 is 0.938 bits per heavy atom. The van der Waals surface area contributed by atoms with Gasteiger partial charge in [0.25, 0.3) is 0 Å². The topological polar surface area (TPSA) is 0 Å². The number of hydrogen-bond acceptors (Lipinski definition) is 2. The van der Waals surface area contributed by atoms with Crippen molar-refractivity contribution in [3.63, 3.8) is 0 Å². The number of allylic oxidation sites excluding steroid dienone is 4. The SMILES string of the molecule is CC12C3=CSC=C1C=C1CSCC(=C3)C12C. The lowest BCUT2D eigenvalue weighted by molar-refractivity contribution is 0.291. The van der Waals surface area contributed by atoms with Crippen molar-refractivity contribution in [2.24, 2.45) is 10.8 Å². The molecule has 16 heavy (non-hydrogen) atoms. The summed E-state index contributed by atoms with van der Waals surface area (Å²) in [6, 6.07) is 0. The molecule has 82 valence electrons. The van der Waals surface area contributed by atoms with Crippen LogP contribution < -0.4 is 0 Å². The van der Waals surface area contributed by atoms with E-state index in [9.17, 15) is 0 Å². The van der Waals surface area contributed by atoms with Crippen LogP contribution in [0.25, 0.3) is 0 Å². The Balaban J connectivity index is 2.08. The second-order valence-electron chi connectivity index (χ2n) is 5.36. The van der Waals surface area contributed by atoms with Crippen LogP contribution in [0.1, 0.15) is 13.8 Å². The Kier molecular flexibility index (Phi) is 1.65. The van der Waals surface area contributed by atoms with E-state index in [-0.39, 0.29) is 5.41 Å². The average molecular weight is 246 g/mol. The third-order valence-electron chi connectivity index (χ3n) is 5.00. The van der Waals surface area contributed by atoms with Gasteiger partial charge in [0, 0.05) is 22.3 Å². The van der Waals surface area contributed by atoms with Gasteiger partial charge >= 0.3 is 0 Å². The second-order valence-corrected chi connectivity index (χ2v) is 7.09. The molecule has 2 aliphatic heterocycles. The quantitative estimate of drug-likeness (QED) is 0.630. The molecule has 0 N–H and O–H groups in total. The summed E-state index contributed by atoms with van der Waals surface area (Å²) in [5.41, 5.74) is 6.94. The van der Waals surface area contributed by atoms with E-state index >= 15 is 0 Å². The van der Waals surface area contributed by atoms with Crippen molar-refractivity contribution in [2.45, 2.75) is 13.8 Å². The van der Waals surface area contributed by atoms with Crippen molar-refractivity contribution in [3.8, 4) is 0 Å². The van der Waals surface area contributed by atoms with Gasteiger partial charge in [-0.1, -0.05) is 26.0 Å². The molecular formula is C14H14S2. The molecule has 4 rings (SSSR count). The van der Waals surface area contributed by atoms with Gasteiger partial charge in [0.2, 0.25) is 0 Å². The average Bonchev–Trinajstić information content (AvgIpc) is 2.64. The van der Waals surface area contributed by atoms with E-state index in [0.29, 0.717) is 5.41 Å². The van der Waals surface area contributed by atoms with Crippen LogP contribution in [-0.4, -0.2) is 11.5 Å². The molecule has 0 unspecified atom stereocenters. The molecule has 0 amide bonds. The van der Waals surface area contributed by atoms with E-state index in [2.05, 4.69) is 48.6 Å². The highest BCUT2D eigenvalue weighted by Crippen LogP contribution is 2.70. The van der Waals surface area contributed by atoms with Crippen molar-refractivity contribution in [1.29, 1.82) is 0 Å². The lowest BCUT2D eigenvalue weighted by Crippen LogP contribution is -2.38. The van der Waals surface area contributed by atoms with Crippen LogP contribution in [0.4, 0.5) is 0 Å². The van der Waals surface area contributed by atoms with Crippen LogP contribution in [0.2, 0.25) is 0 Å². The summed E-state index contributed by atoms with van der Waals surface area (Å²) < 4.78 is 0. The molecule has 0 aromatic heterocycles. The highest BCUT2D eigenvalue weighted by Gasteiger charge is 2.60. The minimum atomic E-state index is 0.254. The number of thioether (sulfide) groups is 2. The summed E-state index contributed by atoms with van der Waals surface area (Å²) in [6.45, 7) is 4.90. The van der Waals surface area contributed by atoms with E-state index in [0.717, 1.165) is 0 Å². The maximum atomic E-state index is 2.47. The first kappa shape index (κ1) is 9.67. The third kappa shape index (κ3) is 0.790. The van der Waals surface area contributed by atoms with Crippen molar-refractivity contribution < 1.29 is 0 Å². The van der Waals surface area contributed by atoms with Crippen molar-refractivity contribution in [2.75, 3.05) is 11.5 Å². The zero-order valence-corrected chi connectivity index (χ0v) is 11.2. The van der Waals surface area contributed by atoms with Gasteiger partial charge in [-0.2, -0.15) is 11.8 Å². The molecule has 0 bridgehead atoms. The second kappa shape index (κ2) is 2.73. The van der Waals surface area contributed by atoms with Crippen LogP contribution in [-0.2, 0) is 0 Å². The van der Waals surface area contributed by atoms with E-state index in [1.807, 2.05) is 11.8 Å². The summed E-state index contributed by atoms with van der Waals surface area (Å²) in [6.07, 6.45) is 4.94. The van der Waals surface area contributed by atoms with Gasteiger partial charge in [-0.25, -0.2) is 0 Å². The minimum absolute atomic E-state index is 0.254. The fourth-order valence-corrected chi connectivity index (χ4v) is 5.93. The van der Waals surface area contributed by atoms with Crippen LogP contribution in [0.15, 0.2) is 45.3 Å². The van der Waals surface area contributed by atoms with Crippen LogP contribution in [0, 0.1) is 10.8 Å². The predicted octanol–water partition coefficient (Wildman–Crippen LogP) is 4.14. The van der Waals surface area contributed by atoms with Gasteiger partial charge < -0.3 is 0 Å². The van der Waals surface area contributed by atoms with Gasteiger partial charge in [0.1, 0.15) is 0 Å². The molecule has 0 atom stereocenters. The Morgan fingerprint density at radius 2 is 1.50 bits per heavy atom. The molecule has 0 nitrogen and oxygen atoms in total. The van der Waals surface area contributed by atoms with Gasteiger partial charge in [-0.3, -0.25) is 0 Å². The minimum Gasteiger partial charge on any atom is -0.153 e. The van der Waals surface area contributed by atoms with E-state index in [1.165, 1.54) is 11.5 Å². The molecule has 0 saturated carbocycles. The van der Waals surface area contributed by atoms with E-state index in [1.54, 1.807) is 22.3 Å². The fourth-order valence-electron chi connectivity index (χ4n) is 3.67. The van der Waals surface area contributed by atoms with Gasteiger partial charge in [0.05, 0.1) is 0 Å². The molecular weight excluding hydrogens is 232 g/mol. The summed E-state index contributed by atoms with van der Waals surface area (Å²) in [4.78, 5) is 0. The molecule has 0 spiro atoms. The van der Waals surface area contributed by atoms with Gasteiger partial charge in [-0.05, 0) is 33.1 Å². The molecule has 2 heterocycles. The molecule has 4 aliphatic rings. The zero-order chi connectivity index (χ0) is 11.0. The molecule has 2 heteroatoms. The Hall–Kier alpha value is -0.340. The maximum Gasteiger partial charge on any atom is 0.0313 e. The maximum absolute atomic E-state index is 2.47. The largest absolute Gasteiger partial charge is 0.153 e.